The van der Waals surface area contributed by atoms with E-state index in [4.69, 9.17) is 11.0 Å². The molecule has 0 saturated heterocycles. The Balaban J connectivity index is 2.85. The van der Waals surface area contributed by atoms with Crippen molar-refractivity contribution in [1.29, 1.82) is 5.26 Å². The van der Waals surface area contributed by atoms with E-state index in [1.807, 2.05) is 6.92 Å². The predicted octanol–water partition coefficient (Wildman–Crippen LogP) is 1.99. The Kier molecular flexibility index (Phi) is 4.20. The van der Waals surface area contributed by atoms with Gasteiger partial charge in [-0.15, -0.1) is 0 Å². The second-order valence-corrected chi connectivity index (χ2v) is 3.48. The van der Waals surface area contributed by atoms with Crippen LogP contribution in [0.25, 0.3) is 0 Å². The molecule has 1 rings (SSSR count). The number of nitrogens with zero attached hydrogens (tertiary/aromatic N) is 1. The van der Waals surface area contributed by atoms with Gasteiger partial charge in [0.15, 0.2) is 11.6 Å². The zero-order valence-electron chi connectivity index (χ0n) is 8.93. The predicted molar refractivity (Wildman–Crippen MR) is 57.8 cm³/mol. The molecule has 0 aliphatic heterocycles. The topological polar surface area (TPSA) is 61.8 Å². The van der Waals surface area contributed by atoms with Gasteiger partial charge >= 0.3 is 0 Å². The van der Waals surface area contributed by atoms with Crippen LogP contribution >= 0.6 is 0 Å². The minimum absolute atomic E-state index is 0.0414. The molecule has 0 bridgehead atoms. The first-order chi connectivity index (χ1) is 7.58. The second kappa shape index (κ2) is 5.42. The van der Waals surface area contributed by atoms with E-state index in [9.17, 15) is 8.78 Å². The Morgan fingerprint density at radius 2 is 2.00 bits per heavy atom. The number of rotatable bonds is 4. The summed E-state index contributed by atoms with van der Waals surface area (Å²) < 4.78 is 26.7. The van der Waals surface area contributed by atoms with Crippen LogP contribution < -0.4 is 11.1 Å². The highest BCUT2D eigenvalue weighted by atomic mass is 19.1. The zero-order valence-corrected chi connectivity index (χ0v) is 8.93. The quantitative estimate of drug-likeness (QED) is 0.823. The first-order valence-electron chi connectivity index (χ1n) is 4.97. The fraction of sp³-hybridized carbons (Fsp3) is 0.364. The number of nitrogens with one attached hydrogen (secondary N) is 1. The Hall–Kier alpha value is -1.67. The molecule has 1 aromatic carbocycles. The molecule has 0 aliphatic carbocycles. The molecule has 1 aromatic rings. The SMILES string of the molecule is CCC(N)CNc1c(F)cc(C#N)cc1F. The summed E-state index contributed by atoms with van der Waals surface area (Å²) in [5.74, 6) is -1.56. The molecule has 0 amide bonds. The molecule has 1 unspecified atom stereocenters. The Labute approximate surface area is 92.9 Å². The normalized spacial score (nSPS) is 11.9. The van der Waals surface area contributed by atoms with E-state index in [-0.39, 0.29) is 23.8 Å². The minimum atomic E-state index is -0.778. The summed E-state index contributed by atoms with van der Waals surface area (Å²) >= 11 is 0. The van der Waals surface area contributed by atoms with E-state index < -0.39 is 11.6 Å². The third kappa shape index (κ3) is 2.91. The Bertz CT molecular complexity index is 389. The summed E-state index contributed by atoms with van der Waals surface area (Å²) in [6.45, 7) is 2.17. The number of anilines is 1. The van der Waals surface area contributed by atoms with Crippen LogP contribution in [0.3, 0.4) is 0 Å². The van der Waals surface area contributed by atoms with Crippen molar-refractivity contribution >= 4 is 5.69 Å². The lowest BCUT2D eigenvalue weighted by atomic mass is 10.2. The largest absolute Gasteiger partial charge is 0.379 e. The Morgan fingerprint density at radius 1 is 1.44 bits per heavy atom. The lowest BCUT2D eigenvalue weighted by molar-refractivity contribution is 0.582. The molecule has 0 radical (unpaired) electrons. The Morgan fingerprint density at radius 3 is 2.44 bits per heavy atom. The van der Waals surface area contributed by atoms with Crippen LogP contribution in [-0.2, 0) is 0 Å². The van der Waals surface area contributed by atoms with E-state index in [1.54, 1.807) is 6.07 Å². The van der Waals surface area contributed by atoms with Crippen molar-refractivity contribution in [3.8, 4) is 6.07 Å². The van der Waals surface area contributed by atoms with Gasteiger partial charge in [-0.05, 0) is 18.6 Å². The molecular weight excluding hydrogens is 212 g/mol. The molecule has 0 spiro atoms. The summed E-state index contributed by atoms with van der Waals surface area (Å²) in [4.78, 5) is 0. The van der Waals surface area contributed by atoms with Crippen molar-refractivity contribution in [2.75, 3.05) is 11.9 Å². The van der Waals surface area contributed by atoms with Crippen LogP contribution in [0.4, 0.5) is 14.5 Å². The third-order valence-electron chi connectivity index (χ3n) is 2.24. The van der Waals surface area contributed by atoms with E-state index in [0.29, 0.717) is 6.42 Å². The molecule has 5 heteroatoms. The number of hydrogen-bond donors (Lipinski definition) is 2. The summed E-state index contributed by atoms with van der Waals surface area (Å²) in [5, 5.41) is 11.1. The smallest absolute Gasteiger partial charge is 0.150 e. The summed E-state index contributed by atoms with van der Waals surface area (Å²) in [7, 11) is 0. The highest BCUT2D eigenvalue weighted by molar-refractivity contribution is 5.50. The monoisotopic (exact) mass is 225 g/mol. The van der Waals surface area contributed by atoms with Crippen molar-refractivity contribution in [2.24, 2.45) is 5.73 Å². The van der Waals surface area contributed by atoms with Gasteiger partial charge < -0.3 is 11.1 Å². The summed E-state index contributed by atoms with van der Waals surface area (Å²) in [6, 6.07) is 3.50. The summed E-state index contributed by atoms with van der Waals surface area (Å²) in [6.07, 6.45) is 0.715. The van der Waals surface area contributed by atoms with Crippen LogP contribution in [0.2, 0.25) is 0 Å². The van der Waals surface area contributed by atoms with Crippen LogP contribution in [-0.4, -0.2) is 12.6 Å². The van der Waals surface area contributed by atoms with Crippen LogP contribution in [0.15, 0.2) is 12.1 Å². The number of hydrogen-bond acceptors (Lipinski definition) is 3. The van der Waals surface area contributed by atoms with Crippen molar-refractivity contribution < 1.29 is 8.78 Å². The van der Waals surface area contributed by atoms with E-state index in [2.05, 4.69) is 5.32 Å². The average Bonchev–Trinajstić information content (AvgIpc) is 2.27. The number of nitriles is 1. The standard InChI is InChI=1S/C11H13F2N3/c1-2-8(15)6-16-11-9(12)3-7(5-14)4-10(11)13/h3-4,8,16H,2,6,15H2,1H3. The average molecular weight is 225 g/mol. The molecule has 0 aromatic heterocycles. The molecule has 3 nitrogen and oxygen atoms in total. The molecular formula is C11H13F2N3. The fourth-order valence-electron chi connectivity index (χ4n) is 1.18. The maximum Gasteiger partial charge on any atom is 0.150 e. The van der Waals surface area contributed by atoms with E-state index in [1.165, 1.54) is 0 Å². The van der Waals surface area contributed by atoms with Crippen molar-refractivity contribution in [3.63, 3.8) is 0 Å². The van der Waals surface area contributed by atoms with Crippen molar-refractivity contribution in [2.45, 2.75) is 19.4 Å². The summed E-state index contributed by atoms with van der Waals surface area (Å²) in [5.41, 5.74) is 5.34. The molecule has 0 fully saturated rings. The minimum Gasteiger partial charge on any atom is -0.379 e. The first kappa shape index (κ1) is 12.4. The molecule has 1 atom stereocenters. The highest BCUT2D eigenvalue weighted by Crippen LogP contribution is 2.20. The highest BCUT2D eigenvalue weighted by Gasteiger charge is 2.11. The fourth-order valence-corrected chi connectivity index (χ4v) is 1.18. The number of benzene rings is 1. The van der Waals surface area contributed by atoms with Gasteiger partial charge in [-0.25, -0.2) is 8.78 Å². The van der Waals surface area contributed by atoms with Crippen LogP contribution in [0, 0.1) is 23.0 Å². The maximum atomic E-state index is 13.4. The van der Waals surface area contributed by atoms with Gasteiger partial charge in [0.1, 0.15) is 5.69 Å². The zero-order chi connectivity index (χ0) is 12.1. The molecule has 3 N–H and O–H groups in total. The number of halogens is 2. The van der Waals surface area contributed by atoms with Gasteiger partial charge in [0, 0.05) is 12.6 Å². The van der Waals surface area contributed by atoms with Gasteiger partial charge in [-0.1, -0.05) is 6.92 Å². The third-order valence-corrected chi connectivity index (χ3v) is 2.24. The van der Waals surface area contributed by atoms with Gasteiger partial charge in [-0.2, -0.15) is 5.26 Å². The van der Waals surface area contributed by atoms with Gasteiger partial charge in [-0.3, -0.25) is 0 Å². The van der Waals surface area contributed by atoms with E-state index >= 15 is 0 Å². The number of nitrogens with two attached hydrogens (primary N) is 1. The van der Waals surface area contributed by atoms with Crippen LogP contribution in [0.1, 0.15) is 18.9 Å². The molecule has 16 heavy (non-hydrogen) atoms. The molecule has 0 aliphatic rings. The molecule has 0 heterocycles. The lowest BCUT2D eigenvalue weighted by Gasteiger charge is -2.12. The molecule has 86 valence electrons. The molecule has 0 saturated carbocycles. The first-order valence-corrected chi connectivity index (χ1v) is 4.97. The van der Waals surface area contributed by atoms with Crippen molar-refractivity contribution in [3.05, 3.63) is 29.3 Å². The second-order valence-electron chi connectivity index (χ2n) is 3.48. The maximum absolute atomic E-state index is 13.4. The van der Waals surface area contributed by atoms with Gasteiger partial charge in [0.25, 0.3) is 0 Å². The van der Waals surface area contributed by atoms with Crippen LogP contribution in [0.5, 0.6) is 0 Å². The van der Waals surface area contributed by atoms with Gasteiger partial charge in [0.05, 0.1) is 11.6 Å². The van der Waals surface area contributed by atoms with Crippen molar-refractivity contribution in [1.82, 2.24) is 0 Å². The van der Waals surface area contributed by atoms with E-state index in [0.717, 1.165) is 12.1 Å². The van der Waals surface area contributed by atoms with Gasteiger partial charge in [0.2, 0.25) is 0 Å². The lowest BCUT2D eigenvalue weighted by Crippen LogP contribution is -2.28.